The lowest BCUT2D eigenvalue weighted by Gasteiger charge is -2.04. The average molecular weight is 437 g/mol. The molecule has 6 heteroatoms. The normalized spacial score (nSPS) is 10.7. The standard InChI is InChI=1S/C17H11Br2NO3/c18-9-14(21)20-15-12-6-1-2-7-13(12)23-17(15)16(22)10-4-3-5-11(19)8-10/h1-8H,9H2,(H,20,21). The van der Waals surface area contributed by atoms with Crippen LogP contribution in [0.4, 0.5) is 5.69 Å². The van der Waals surface area contributed by atoms with E-state index in [1.54, 1.807) is 30.3 Å². The summed E-state index contributed by atoms with van der Waals surface area (Å²) in [5.74, 6) is -0.411. The molecule has 0 atom stereocenters. The van der Waals surface area contributed by atoms with E-state index in [4.69, 9.17) is 4.42 Å². The second-order valence-corrected chi connectivity index (χ2v) is 6.30. The van der Waals surface area contributed by atoms with Crippen LogP contribution in [0.2, 0.25) is 0 Å². The lowest BCUT2D eigenvalue weighted by molar-refractivity contribution is -0.113. The predicted octanol–water partition coefficient (Wildman–Crippen LogP) is 4.76. The molecule has 0 unspecified atom stereocenters. The Morgan fingerprint density at radius 3 is 2.61 bits per heavy atom. The van der Waals surface area contributed by atoms with Crippen LogP contribution in [0.25, 0.3) is 11.0 Å². The van der Waals surface area contributed by atoms with Crippen molar-refractivity contribution >= 4 is 60.2 Å². The van der Waals surface area contributed by atoms with Gasteiger partial charge in [0.25, 0.3) is 0 Å². The Morgan fingerprint density at radius 2 is 1.87 bits per heavy atom. The number of hydrogen-bond donors (Lipinski definition) is 1. The van der Waals surface area contributed by atoms with E-state index < -0.39 is 0 Å². The van der Waals surface area contributed by atoms with Gasteiger partial charge in [0.1, 0.15) is 5.58 Å². The molecule has 2 aromatic carbocycles. The van der Waals surface area contributed by atoms with Crippen molar-refractivity contribution in [2.45, 2.75) is 0 Å². The van der Waals surface area contributed by atoms with Crippen molar-refractivity contribution in [1.29, 1.82) is 0 Å². The van der Waals surface area contributed by atoms with Crippen LogP contribution in [0.1, 0.15) is 16.1 Å². The van der Waals surface area contributed by atoms with Crippen molar-refractivity contribution in [2.75, 3.05) is 10.6 Å². The first-order chi connectivity index (χ1) is 11.1. The molecule has 0 saturated heterocycles. The molecule has 0 aliphatic heterocycles. The van der Waals surface area contributed by atoms with Crippen LogP contribution in [0, 0.1) is 0 Å². The number of amides is 1. The third kappa shape index (κ3) is 3.23. The maximum absolute atomic E-state index is 12.8. The van der Waals surface area contributed by atoms with Crippen molar-refractivity contribution in [3.63, 3.8) is 0 Å². The molecule has 1 heterocycles. The number of hydrogen-bond acceptors (Lipinski definition) is 3. The third-order valence-corrected chi connectivity index (χ3v) is 4.28. The average Bonchev–Trinajstić information content (AvgIpc) is 2.92. The van der Waals surface area contributed by atoms with E-state index in [9.17, 15) is 9.59 Å². The largest absolute Gasteiger partial charge is 0.450 e. The van der Waals surface area contributed by atoms with Gasteiger partial charge in [-0.3, -0.25) is 9.59 Å². The number of nitrogens with one attached hydrogen (secondary N) is 1. The van der Waals surface area contributed by atoms with E-state index in [0.717, 1.165) is 4.47 Å². The van der Waals surface area contributed by atoms with Crippen LogP contribution in [0.15, 0.2) is 57.4 Å². The number of para-hydroxylation sites is 1. The quantitative estimate of drug-likeness (QED) is 0.473. The Labute approximate surface area is 149 Å². The SMILES string of the molecule is O=C(CBr)Nc1c(C(=O)c2cccc(Br)c2)oc2ccccc12. The number of rotatable bonds is 4. The second kappa shape index (κ2) is 6.68. The highest BCUT2D eigenvalue weighted by Crippen LogP contribution is 2.32. The molecule has 0 bridgehead atoms. The minimum Gasteiger partial charge on any atom is -0.450 e. The number of anilines is 1. The molecule has 3 rings (SSSR count). The van der Waals surface area contributed by atoms with Crippen LogP contribution in [-0.2, 0) is 4.79 Å². The molecule has 1 amide bonds. The summed E-state index contributed by atoms with van der Waals surface area (Å²) >= 11 is 6.46. The zero-order valence-electron chi connectivity index (χ0n) is 11.8. The monoisotopic (exact) mass is 435 g/mol. The van der Waals surface area contributed by atoms with Crippen LogP contribution < -0.4 is 5.32 Å². The lowest BCUT2D eigenvalue weighted by Crippen LogP contribution is -2.14. The van der Waals surface area contributed by atoms with Gasteiger partial charge >= 0.3 is 0 Å². The Hall–Kier alpha value is -1.92. The van der Waals surface area contributed by atoms with Gasteiger partial charge in [0, 0.05) is 15.4 Å². The van der Waals surface area contributed by atoms with Gasteiger partial charge in [-0.25, -0.2) is 0 Å². The highest BCUT2D eigenvalue weighted by molar-refractivity contribution is 9.10. The van der Waals surface area contributed by atoms with Gasteiger partial charge < -0.3 is 9.73 Å². The highest BCUT2D eigenvalue weighted by Gasteiger charge is 2.23. The maximum Gasteiger partial charge on any atom is 0.235 e. The minimum absolute atomic E-state index is 0.124. The molecule has 1 aromatic heterocycles. The molecule has 0 aliphatic rings. The van der Waals surface area contributed by atoms with Gasteiger partial charge in [-0.1, -0.05) is 56.1 Å². The van der Waals surface area contributed by atoms with E-state index in [2.05, 4.69) is 37.2 Å². The molecule has 0 fully saturated rings. The van der Waals surface area contributed by atoms with E-state index >= 15 is 0 Å². The molecular formula is C17H11Br2NO3. The third-order valence-electron chi connectivity index (χ3n) is 3.27. The predicted molar refractivity (Wildman–Crippen MR) is 96.2 cm³/mol. The summed E-state index contributed by atoms with van der Waals surface area (Å²) < 4.78 is 6.50. The van der Waals surface area contributed by atoms with Gasteiger partial charge in [0.05, 0.1) is 11.0 Å². The lowest BCUT2D eigenvalue weighted by atomic mass is 10.1. The van der Waals surface area contributed by atoms with Gasteiger partial charge in [0.15, 0.2) is 5.76 Å². The van der Waals surface area contributed by atoms with Crippen LogP contribution in [0.3, 0.4) is 0 Å². The molecular weight excluding hydrogens is 426 g/mol. The summed E-state index contributed by atoms with van der Waals surface area (Å²) in [6.45, 7) is 0. The van der Waals surface area contributed by atoms with Crippen molar-refractivity contribution in [3.05, 3.63) is 64.3 Å². The molecule has 23 heavy (non-hydrogen) atoms. The van der Waals surface area contributed by atoms with Crippen LogP contribution >= 0.6 is 31.9 Å². The summed E-state index contributed by atoms with van der Waals surface area (Å²) in [5, 5.41) is 3.57. The Balaban J connectivity index is 2.14. The Bertz CT molecular complexity index is 902. The summed E-state index contributed by atoms with van der Waals surface area (Å²) in [6, 6.07) is 14.2. The smallest absolute Gasteiger partial charge is 0.235 e. The van der Waals surface area contributed by atoms with Gasteiger partial charge in [-0.15, -0.1) is 0 Å². The van der Waals surface area contributed by atoms with E-state index in [0.29, 0.717) is 22.2 Å². The summed E-state index contributed by atoms with van der Waals surface area (Å²) in [7, 11) is 0. The number of benzene rings is 2. The molecule has 3 aromatic rings. The Morgan fingerprint density at radius 1 is 1.09 bits per heavy atom. The van der Waals surface area contributed by atoms with Crippen molar-refractivity contribution in [1.82, 2.24) is 0 Å². The van der Waals surface area contributed by atoms with Crippen LogP contribution in [0.5, 0.6) is 0 Å². The zero-order valence-corrected chi connectivity index (χ0v) is 15.0. The van der Waals surface area contributed by atoms with E-state index in [1.165, 1.54) is 0 Å². The first kappa shape index (κ1) is 16.0. The molecule has 0 saturated carbocycles. The van der Waals surface area contributed by atoms with Gasteiger partial charge in [0.2, 0.25) is 11.7 Å². The number of fused-ring (bicyclic) bond motifs is 1. The van der Waals surface area contributed by atoms with Crippen molar-refractivity contribution in [2.24, 2.45) is 0 Å². The number of carbonyl (C=O) groups excluding carboxylic acids is 2. The second-order valence-electron chi connectivity index (χ2n) is 4.82. The van der Waals surface area contributed by atoms with Crippen LogP contribution in [-0.4, -0.2) is 17.0 Å². The maximum atomic E-state index is 12.8. The first-order valence-corrected chi connectivity index (χ1v) is 8.69. The molecule has 116 valence electrons. The number of ketones is 1. The fourth-order valence-corrected chi connectivity index (χ4v) is 2.80. The minimum atomic E-state index is -0.285. The summed E-state index contributed by atoms with van der Waals surface area (Å²) in [6.07, 6.45) is 0. The zero-order chi connectivity index (χ0) is 16.4. The number of carbonyl (C=O) groups is 2. The number of alkyl halides is 1. The number of furan rings is 1. The topological polar surface area (TPSA) is 59.3 Å². The summed E-state index contributed by atoms with van der Waals surface area (Å²) in [5.41, 5.74) is 1.43. The van der Waals surface area contributed by atoms with Gasteiger partial charge in [-0.05, 0) is 24.3 Å². The molecule has 0 radical (unpaired) electrons. The fraction of sp³-hybridized carbons (Fsp3) is 0.0588. The highest BCUT2D eigenvalue weighted by atomic mass is 79.9. The summed E-state index contributed by atoms with van der Waals surface area (Å²) in [4.78, 5) is 24.6. The van der Waals surface area contributed by atoms with E-state index in [1.807, 2.05) is 18.2 Å². The molecule has 0 spiro atoms. The number of halogens is 2. The molecule has 1 N–H and O–H groups in total. The fourth-order valence-electron chi connectivity index (χ4n) is 2.26. The first-order valence-electron chi connectivity index (χ1n) is 6.78. The van der Waals surface area contributed by atoms with E-state index in [-0.39, 0.29) is 22.8 Å². The van der Waals surface area contributed by atoms with Crippen molar-refractivity contribution < 1.29 is 14.0 Å². The van der Waals surface area contributed by atoms with Gasteiger partial charge in [-0.2, -0.15) is 0 Å². The molecule has 4 nitrogen and oxygen atoms in total. The Kier molecular flexibility index (Phi) is 4.63. The molecule has 0 aliphatic carbocycles. The van der Waals surface area contributed by atoms with Crippen molar-refractivity contribution in [3.8, 4) is 0 Å².